The number of carbonyl (C=O) groups excluding carboxylic acids is 1. The van der Waals surface area contributed by atoms with E-state index in [1.165, 1.54) is 12.1 Å². The minimum atomic E-state index is -0.595. The first-order valence-electron chi connectivity index (χ1n) is 10.4. The van der Waals surface area contributed by atoms with Crippen molar-refractivity contribution in [3.63, 3.8) is 0 Å². The normalized spacial score (nSPS) is 17.6. The molecule has 1 amide bonds. The van der Waals surface area contributed by atoms with E-state index in [1.54, 1.807) is 31.3 Å². The molecule has 0 saturated carbocycles. The van der Waals surface area contributed by atoms with Crippen LogP contribution in [0.2, 0.25) is 10.0 Å². The fraction of sp³-hybridized carbons (Fsp3) is 0.333. The van der Waals surface area contributed by atoms with Crippen molar-refractivity contribution < 1.29 is 13.9 Å². The zero-order valence-electron chi connectivity index (χ0n) is 17.4. The summed E-state index contributed by atoms with van der Waals surface area (Å²) < 4.78 is 19.6. The minimum absolute atomic E-state index is 0.00103. The Hall–Kier alpha value is -2.37. The van der Waals surface area contributed by atoms with Gasteiger partial charge < -0.3 is 9.64 Å². The van der Waals surface area contributed by atoms with Crippen molar-refractivity contribution >= 4 is 40.0 Å². The molecule has 1 aliphatic rings. The molecule has 2 unspecified atom stereocenters. The third kappa shape index (κ3) is 4.48. The largest absolute Gasteiger partial charge is 0.481 e. The van der Waals surface area contributed by atoms with E-state index in [0.717, 1.165) is 36.8 Å². The Morgan fingerprint density at radius 3 is 2.65 bits per heavy atom. The second-order valence-electron chi connectivity index (χ2n) is 7.92. The van der Waals surface area contributed by atoms with E-state index in [-0.39, 0.29) is 22.0 Å². The van der Waals surface area contributed by atoms with Crippen LogP contribution in [0.4, 0.5) is 4.39 Å². The van der Waals surface area contributed by atoms with Crippen molar-refractivity contribution in [1.29, 1.82) is 0 Å². The van der Waals surface area contributed by atoms with Crippen LogP contribution >= 0.6 is 23.2 Å². The molecule has 162 valence electrons. The van der Waals surface area contributed by atoms with Crippen LogP contribution in [0.1, 0.15) is 33.1 Å². The molecule has 2 aromatic carbocycles. The fourth-order valence-electron chi connectivity index (χ4n) is 4.13. The van der Waals surface area contributed by atoms with Crippen molar-refractivity contribution in [2.45, 2.75) is 45.3 Å². The zero-order chi connectivity index (χ0) is 22.1. The van der Waals surface area contributed by atoms with Crippen LogP contribution in [0.15, 0.2) is 42.6 Å². The molecule has 1 saturated heterocycles. The summed E-state index contributed by atoms with van der Waals surface area (Å²) in [6, 6.07) is 9.93. The number of pyridine rings is 1. The van der Waals surface area contributed by atoms with Gasteiger partial charge in [0, 0.05) is 35.8 Å². The standard InChI is InChI=1S/C24H23Cl2FN2O2/c1-14-5-3-4-10-29(14)24(30)15(2)31-17-6-7-18-19(8-9-28-22(18)13-17)23-20(25)11-16(27)12-21(23)26/h6-9,11-15H,3-5,10H2,1-2H3. The lowest BCUT2D eigenvalue weighted by Crippen LogP contribution is -2.47. The predicted octanol–water partition coefficient (Wildman–Crippen LogP) is 6.52. The smallest absolute Gasteiger partial charge is 0.263 e. The monoisotopic (exact) mass is 460 g/mol. The number of carbonyl (C=O) groups is 1. The highest BCUT2D eigenvalue weighted by Gasteiger charge is 2.28. The first-order chi connectivity index (χ1) is 14.8. The van der Waals surface area contributed by atoms with Gasteiger partial charge in [-0.05, 0) is 69.0 Å². The molecular weight excluding hydrogens is 438 g/mol. The first kappa shape index (κ1) is 21.8. The van der Waals surface area contributed by atoms with Gasteiger partial charge in [0.25, 0.3) is 5.91 Å². The van der Waals surface area contributed by atoms with E-state index < -0.39 is 11.9 Å². The van der Waals surface area contributed by atoms with Gasteiger partial charge in [-0.15, -0.1) is 0 Å². The Kier molecular flexibility index (Phi) is 6.35. The number of benzene rings is 2. The van der Waals surface area contributed by atoms with E-state index >= 15 is 0 Å². The summed E-state index contributed by atoms with van der Waals surface area (Å²) in [6.07, 6.45) is 4.25. The quantitative estimate of drug-likeness (QED) is 0.445. The number of hydrogen-bond donors (Lipinski definition) is 0. The van der Waals surface area contributed by atoms with Crippen molar-refractivity contribution in [1.82, 2.24) is 9.88 Å². The Morgan fingerprint density at radius 1 is 1.19 bits per heavy atom. The molecule has 0 radical (unpaired) electrons. The number of amides is 1. The van der Waals surface area contributed by atoms with Crippen LogP contribution in [-0.4, -0.2) is 34.5 Å². The number of hydrogen-bond acceptors (Lipinski definition) is 3. The number of nitrogens with zero attached hydrogens (tertiary/aromatic N) is 2. The van der Waals surface area contributed by atoms with Crippen LogP contribution in [0.25, 0.3) is 22.0 Å². The number of fused-ring (bicyclic) bond motifs is 1. The molecule has 1 fully saturated rings. The number of rotatable bonds is 4. The van der Waals surface area contributed by atoms with Gasteiger partial charge in [-0.1, -0.05) is 23.2 Å². The third-order valence-corrected chi connectivity index (χ3v) is 6.33. The molecule has 3 aromatic rings. The van der Waals surface area contributed by atoms with Crippen LogP contribution < -0.4 is 4.74 Å². The van der Waals surface area contributed by atoms with Gasteiger partial charge in [-0.3, -0.25) is 9.78 Å². The van der Waals surface area contributed by atoms with E-state index in [1.807, 2.05) is 11.0 Å². The van der Waals surface area contributed by atoms with Gasteiger partial charge in [0.2, 0.25) is 0 Å². The molecule has 4 rings (SSSR count). The Morgan fingerprint density at radius 2 is 1.94 bits per heavy atom. The number of piperidine rings is 1. The summed E-state index contributed by atoms with van der Waals surface area (Å²) in [4.78, 5) is 19.2. The number of likely N-dealkylation sites (tertiary alicyclic amines) is 1. The van der Waals surface area contributed by atoms with Crippen molar-refractivity contribution in [3.8, 4) is 16.9 Å². The number of ether oxygens (including phenoxy) is 1. The molecule has 0 spiro atoms. The second-order valence-corrected chi connectivity index (χ2v) is 8.73. The van der Waals surface area contributed by atoms with Crippen molar-refractivity contribution in [2.75, 3.05) is 6.54 Å². The highest BCUT2D eigenvalue weighted by molar-refractivity contribution is 6.39. The molecule has 0 N–H and O–H groups in total. The maximum absolute atomic E-state index is 13.6. The van der Waals surface area contributed by atoms with E-state index in [2.05, 4.69) is 11.9 Å². The lowest BCUT2D eigenvalue weighted by atomic mass is 10.0. The average molecular weight is 461 g/mol. The van der Waals surface area contributed by atoms with Gasteiger partial charge in [0.15, 0.2) is 6.10 Å². The van der Waals surface area contributed by atoms with Gasteiger partial charge in [-0.2, -0.15) is 0 Å². The number of aromatic nitrogens is 1. The molecule has 31 heavy (non-hydrogen) atoms. The Balaban J connectivity index is 1.62. The average Bonchev–Trinajstić information content (AvgIpc) is 2.73. The molecule has 2 atom stereocenters. The molecule has 0 aliphatic carbocycles. The van der Waals surface area contributed by atoms with Crippen LogP contribution in [-0.2, 0) is 4.79 Å². The SMILES string of the molecule is CC(Oc1ccc2c(-c3c(Cl)cc(F)cc3Cl)ccnc2c1)C(=O)N1CCCCC1C. The van der Waals surface area contributed by atoms with Gasteiger partial charge >= 0.3 is 0 Å². The Labute approximate surface area is 190 Å². The van der Waals surface area contributed by atoms with Crippen molar-refractivity contribution in [2.24, 2.45) is 0 Å². The van der Waals surface area contributed by atoms with E-state index in [9.17, 15) is 9.18 Å². The summed E-state index contributed by atoms with van der Waals surface area (Å²) >= 11 is 12.6. The summed E-state index contributed by atoms with van der Waals surface area (Å²) in [7, 11) is 0. The molecule has 4 nitrogen and oxygen atoms in total. The maximum Gasteiger partial charge on any atom is 0.263 e. The third-order valence-electron chi connectivity index (χ3n) is 5.74. The van der Waals surface area contributed by atoms with E-state index in [4.69, 9.17) is 27.9 Å². The van der Waals surface area contributed by atoms with Crippen LogP contribution in [0, 0.1) is 5.82 Å². The molecule has 0 bridgehead atoms. The highest BCUT2D eigenvalue weighted by Crippen LogP contribution is 2.39. The van der Waals surface area contributed by atoms with Gasteiger partial charge in [0.05, 0.1) is 15.6 Å². The highest BCUT2D eigenvalue weighted by atomic mass is 35.5. The van der Waals surface area contributed by atoms with Crippen molar-refractivity contribution in [3.05, 3.63) is 58.5 Å². The molecule has 1 aromatic heterocycles. The van der Waals surface area contributed by atoms with E-state index in [0.29, 0.717) is 16.8 Å². The zero-order valence-corrected chi connectivity index (χ0v) is 18.9. The summed E-state index contributed by atoms with van der Waals surface area (Å²) in [5.41, 5.74) is 1.96. The fourth-order valence-corrected chi connectivity index (χ4v) is 4.80. The number of halogens is 3. The minimum Gasteiger partial charge on any atom is -0.481 e. The summed E-state index contributed by atoms with van der Waals surface area (Å²) in [6.45, 7) is 4.63. The maximum atomic E-state index is 13.6. The lowest BCUT2D eigenvalue weighted by molar-refractivity contribution is -0.141. The molecule has 7 heteroatoms. The molecular formula is C24H23Cl2FN2O2. The predicted molar refractivity (Wildman–Crippen MR) is 122 cm³/mol. The van der Waals surface area contributed by atoms with Gasteiger partial charge in [0.1, 0.15) is 11.6 Å². The van der Waals surface area contributed by atoms with Crippen LogP contribution in [0.5, 0.6) is 5.75 Å². The molecule has 2 heterocycles. The molecule has 1 aliphatic heterocycles. The summed E-state index contributed by atoms with van der Waals surface area (Å²) in [5.74, 6) is 0.0623. The lowest BCUT2D eigenvalue weighted by Gasteiger charge is -2.35. The van der Waals surface area contributed by atoms with Crippen LogP contribution in [0.3, 0.4) is 0 Å². The summed E-state index contributed by atoms with van der Waals surface area (Å²) in [5, 5.41) is 1.26. The second kappa shape index (κ2) is 9.01. The Bertz CT molecular complexity index is 1110. The van der Waals surface area contributed by atoms with Gasteiger partial charge in [-0.25, -0.2) is 4.39 Å². The first-order valence-corrected chi connectivity index (χ1v) is 11.1. The topological polar surface area (TPSA) is 42.4 Å².